The van der Waals surface area contributed by atoms with Gasteiger partial charge in [0, 0.05) is 43.2 Å². The minimum atomic E-state index is -1.25. The lowest BCUT2D eigenvalue weighted by molar-refractivity contribution is 0.0599. The number of aromatic carboxylic acids is 1. The van der Waals surface area contributed by atoms with Gasteiger partial charge in [0.1, 0.15) is 28.6 Å². The number of nitrogens with zero attached hydrogens (tertiary/aromatic N) is 3. The van der Waals surface area contributed by atoms with Gasteiger partial charge in [-0.3, -0.25) is 18.8 Å². The van der Waals surface area contributed by atoms with Gasteiger partial charge >= 0.3 is 11.9 Å². The molecule has 0 spiro atoms. The number of aryl methyl sites for hydroxylation is 1. The number of rotatable bonds is 8. The number of aromatic nitrogens is 3. The number of carboxylic acids is 1. The standard InChI is InChI=1S/C20H15FN6O5.C11H13NO2.CH4/c21-11-2-1-9(5-10(11)8-24-15-14(22)16(28)17(15)29)7-25-18(30)12-6-13(19(31)32)27-4-3-23-20(27)26-12;1-14-11(13)8-2-4-9-7(6-8)3-5-10(9)12;/h1-6,24H,7-8,22H2,(H,25,30)(H,31,32);2,4,6,10H,3,5,12H2,1H3;1H4/t;10-;/m.0./s1. The summed E-state index contributed by atoms with van der Waals surface area (Å²) >= 11 is 0. The highest BCUT2D eigenvalue weighted by Crippen LogP contribution is 2.29. The molecular formula is C32H32FN7O7. The lowest BCUT2D eigenvalue weighted by atomic mass is 10.1. The number of carboxylic acid groups (broad SMARTS) is 1. The van der Waals surface area contributed by atoms with Gasteiger partial charge in [0.25, 0.3) is 16.8 Å². The first-order valence-electron chi connectivity index (χ1n) is 13.9. The molecule has 0 bridgehead atoms. The second kappa shape index (κ2) is 14.0. The molecule has 7 N–H and O–H groups in total. The zero-order valence-electron chi connectivity index (χ0n) is 24.4. The van der Waals surface area contributed by atoms with E-state index in [0.29, 0.717) is 11.1 Å². The summed E-state index contributed by atoms with van der Waals surface area (Å²) in [7, 11) is 1.39. The second-order valence-electron chi connectivity index (χ2n) is 10.4. The van der Waals surface area contributed by atoms with E-state index in [-0.39, 0.29) is 66.6 Å². The molecule has 0 aliphatic heterocycles. The molecule has 47 heavy (non-hydrogen) atoms. The smallest absolute Gasteiger partial charge is 0.353 e. The van der Waals surface area contributed by atoms with E-state index >= 15 is 0 Å². The van der Waals surface area contributed by atoms with Crippen molar-refractivity contribution in [1.82, 2.24) is 19.7 Å². The highest BCUT2D eigenvalue weighted by molar-refractivity contribution is 5.96. The number of ether oxygens (including phenoxy) is 1. The number of carbonyl (C=O) groups excluding carboxylic acids is 2. The van der Waals surface area contributed by atoms with Gasteiger partial charge < -0.3 is 31.9 Å². The molecule has 1 amide bonds. The van der Waals surface area contributed by atoms with Crippen molar-refractivity contribution in [3.63, 3.8) is 0 Å². The third-order valence-electron chi connectivity index (χ3n) is 7.48. The van der Waals surface area contributed by atoms with E-state index in [4.69, 9.17) is 11.5 Å². The Morgan fingerprint density at radius 3 is 2.57 bits per heavy atom. The fraction of sp³-hybridized carbons (Fsp3) is 0.219. The minimum Gasteiger partial charge on any atom is -0.477 e. The van der Waals surface area contributed by atoms with Crippen molar-refractivity contribution in [2.75, 3.05) is 18.2 Å². The molecular weight excluding hydrogens is 613 g/mol. The molecule has 0 fully saturated rings. The predicted molar refractivity (Wildman–Crippen MR) is 170 cm³/mol. The third-order valence-corrected chi connectivity index (χ3v) is 7.48. The van der Waals surface area contributed by atoms with Crippen LogP contribution in [0.25, 0.3) is 5.78 Å². The topological polar surface area (TPSA) is 221 Å². The van der Waals surface area contributed by atoms with Gasteiger partial charge in [-0.1, -0.05) is 19.6 Å². The minimum absolute atomic E-state index is 0. The maximum absolute atomic E-state index is 14.1. The summed E-state index contributed by atoms with van der Waals surface area (Å²) in [5.74, 6) is -2.67. The average Bonchev–Trinajstić information content (AvgIpc) is 3.69. The predicted octanol–water partition coefficient (Wildman–Crippen LogP) is 2.34. The Morgan fingerprint density at radius 2 is 1.87 bits per heavy atom. The van der Waals surface area contributed by atoms with Crippen LogP contribution >= 0.6 is 0 Å². The van der Waals surface area contributed by atoms with Crippen molar-refractivity contribution >= 4 is 35.0 Å². The van der Waals surface area contributed by atoms with Crippen molar-refractivity contribution in [2.24, 2.45) is 5.73 Å². The summed E-state index contributed by atoms with van der Waals surface area (Å²) in [5.41, 5.74) is 12.9. The summed E-state index contributed by atoms with van der Waals surface area (Å²) in [6, 6.07) is 11.0. The third kappa shape index (κ3) is 6.99. The zero-order chi connectivity index (χ0) is 33.1. The molecule has 2 heterocycles. The lowest BCUT2D eigenvalue weighted by Crippen LogP contribution is -2.37. The Balaban J connectivity index is 0.000000279. The highest BCUT2D eigenvalue weighted by atomic mass is 19.1. The van der Waals surface area contributed by atoms with Crippen LogP contribution in [0.3, 0.4) is 0 Å². The number of benzene rings is 2. The monoisotopic (exact) mass is 645 g/mol. The van der Waals surface area contributed by atoms with Gasteiger partial charge in [-0.2, -0.15) is 0 Å². The van der Waals surface area contributed by atoms with E-state index in [1.165, 1.54) is 47.7 Å². The van der Waals surface area contributed by atoms with Crippen LogP contribution < -0.4 is 33.0 Å². The molecule has 1 aliphatic carbocycles. The van der Waals surface area contributed by atoms with Crippen molar-refractivity contribution in [2.45, 2.75) is 39.4 Å². The van der Waals surface area contributed by atoms with Gasteiger partial charge in [0.2, 0.25) is 5.78 Å². The Kier molecular flexibility index (Phi) is 10.1. The summed E-state index contributed by atoms with van der Waals surface area (Å²) < 4.78 is 20.0. The summed E-state index contributed by atoms with van der Waals surface area (Å²) in [6.45, 7) is -0.0964. The number of imidazole rings is 1. The Hall–Kier alpha value is -5.96. The highest BCUT2D eigenvalue weighted by Gasteiger charge is 2.21. The van der Waals surface area contributed by atoms with Crippen molar-refractivity contribution < 1.29 is 28.6 Å². The van der Waals surface area contributed by atoms with Crippen LogP contribution in [0.15, 0.2) is 64.4 Å². The van der Waals surface area contributed by atoms with E-state index in [2.05, 4.69) is 25.3 Å². The average molecular weight is 646 g/mol. The van der Waals surface area contributed by atoms with Crippen LogP contribution in [0.2, 0.25) is 0 Å². The molecule has 1 aliphatic rings. The van der Waals surface area contributed by atoms with Gasteiger partial charge in [0.15, 0.2) is 0 Å². The molecule has 0 saturated heterocycles. The fourth-order valence-electron chi connectivity index (χ4n) is 5.00. The van der Waals surface area contributed by atoms with E-state index in [9.17, 15) is 33.5 Å². The number of nitrogen functional groups attached to an aromatic ring is 1. The largest absolute Gasteiger partial charge is 0.477 e. The number of hydrogen-bond acceptors (Lipinski definition) is 11. The number of nitrogens with one attached hydrogen (secondary N) is 2. The van der Waals surface area contributed by atoms with Gasteiger partial charge in [-0.15, -0.1) is 0 Å². The van der Waals surface area contributed by atoms with E-state index in [1.54, 1.807) is 6.07 Å². The molecule has 14 nitrogen and oxygen atoms in total. The molecule has 3 aromatic carbocycles. The first kappa shape index (κ1) is 33.9. The number of amides is 1. The van der Waals surface area contributed by atoms with Crippen LogP contribution in [0.5, 0.6) is 0 Å². The molecule has 0 saturated carbocycles. The fourth-order valence-corrected chi connectivity index (χ4v) is 5.00. The maximum atomic E-state index is 14.1. The molecule has 1 atom stereocenters. The molecule has 6 rings (SSSR count). The van der Waals surface area contributed by atoms with Gasteiger partial charge in [0.05, 0.1) is 12.7 Å². The number of esters is 1. The van der Waals surface area contributed by atoms with Crippen molar-refractivity contribution in [3.05, 3.63) is 120 Å². The number of halogens is 1. The first-order valence-corrected chi connectivity index (χ1v) is 13.9. The number of methoxy groups -OCH3 is 1. The number of nitrogens with two attached hydrogens (primary N) is 2. The van der Waals surface area contributed by atoms with E-state index in [0.717, 1.165) is 24.5 Å². The number of anilines is 2. The molecule has 15 heteroatoms. The van der Waals surface area contributed by atoms with Crippen molar-refractivity contribution in [3.8, 4) is 0 Å². The second-order valence-corrected chi connectivity index (χ2v) is 10.4. The SMILES string of the molecule is C.COC(=O)c1ccc2c(c1)CC[C@@H]2N.Nc1c(NCc2cc(CNC(=O)c3cc(C(=O)O)n4ccnc4n3)ccc2F)c(=O)c1=O. The zero-order valence-corrected chi connectivity index (χ0v) is 24.4. The van der Waals surface area contributed by atoms with Gasteiger partial charge in [-0.25, -0.2) is 23.9 Å². The Labute approximate surface area is 266 Å². The number of carbonyl (C=O) groups is 3. The molecule has 0 unspecified atom stereocenters. The van der Waals surface area contributed by atoms with Crippen LogP contribution in [-0.4, -0.2) is 44.4 Å². The van der Waals surface area contributed by atoms with E-state index in [1.807, 2.05) is 12.1 Å². The van der Waals surface area contributed by atoms with Crippen molar-refractivity contribution in [1.29, 1.82) is 0 Å². The summed E-state index contributed by atoms with van der Waals surface area (Å²) in [6.07, 6.45) is 4.71. The lowest BCUT2D eigenvalue weighted by Gasteiger charge is -2.12. The summed E-state index contributed by atoms with van der Waals surface area (Å²) in [4.78, 5) is 65.7. The number of fused-ring (bicyclic) bond motifs is 2. The quantitative estimate of drug-likeness (QED) is 0.121. The molecule has 2 aromatic heterocycles. The maximum Gasteiger partial charge on any atom is 0.353 e. The molecule has 244 valence electrons. The Morgan fingerprint density at radius 1 is 1.11 bits per heavy atom. The Bertz CT molecular complexity index is 2070. The number of hydrogen-bond donors (Lipinski definition) is 5. The van der Waals surface area contributed by atoms with Crippen LogP contribution in [0, 0.1) is 5.82 Å². The first-order chi connectivity index (χ1) is 22.0. The summed E-state index contributed by atoms with van der Waals surface area (Å²) in [5, 5.41) is 14.6. The van der Waals surface area contributed by atoms with Gasteiger partial charge in [-0.05, 0) is 53.8 Å². The molecule has 0 radical (unpaired) electrons. The van der Waals surface area contributed by atoms with Crippen LogP contribution in [0.1, 0.15) is 73.5 Å². The van der Waals surface area contributed by atoms with E-state index < -0.39 is 28.6 Å². The normalized spacial score (nSPS) is 13.2. The van der Waals surface area contributed by atoms with Crippen LogP contribution in [-0.2, 0) is 24.2 Å². The van der Waals surface area contributed by atoms with Crippen LogP contribution in [0.4, 0.5) is 15.8 Å². The molecule has 5 aromatic rings.